The van der Waals surface area contributed by atoms with Gasteiger partial charge in [-0.2, -0.15) is 0 Å². The molecule has 0 aliphatic carbocycles. The number of aryl methyl sites for hydroxylation is 1. The second-order valence-electron chi connectivity index (χ2n) is 6.79. The molecule has 3 aromatic rings. The molecular formula is C21H23N3O3S. The monoisotopic (exact) mass is 397 g/mol. The third-order valence-corrected chi connectivity index (χ3v) is 5.39. The summed E-state index contributed by atoms with van der Waals surface area (Å²) < 4.78 is 6.93. The second kappa shape index (κ2) is 8.39. The average molecular weight is 398 g/mol. The molecule has 3 rings (SSSR count). The summed E-state index contributed by atoms with van der Waals surface area (Å²) >= 11 is 1.11. The van der Waals surface area contributed by atoms with E-state index < -0.39 is 5.97 Å². The number of anilines is 1. The number of esters is 1. The van der Waals surface area contributed by atoms with E-state index in [1.807, 2.05) is 22.9 Å². The van der Waals surface area contributed by atoms with Crippen LogP contribution in [0.5, 0.6) is 0 Å². The van der Waals surface area contributed by atoms with Gasteiger partial charge in [0, 0.05) is 11.7 Å². The van der Waals surface area contributed by atoms with Crippen molar-refractivity contribution in [3.05, 3.63) is 59.3 Å². The first-order chi connectivity index (χ1) is 13.4. The number of carbonyl (C=O) groups is 2. The van der Waals surface area contributed by atoms with Gasteiger partial charge in [-0.3, -0.25) is 4.79 Å². The van der Waals surface area contributed by atoms with Crippen molar-refractivity contribution in [2.24, 2.45) is 0 Å². The van der Waals surface area contributed by atoms with E-state index in [0.29, 0.717) is 21.6 Å². The molecule has 0 saturated heterocycles. The summed E-state index contributed by atoms with van der Waals surface area (Å²) in [6, 6.07) is 8.29. The van der Waals surface area contributed by atoms with Gasteiger partial charge in [0.05, 0.1) is 5.69 Å². The highest BCUT2D eigenvalue weighted by molar-refractivity contribution is 7.17. The maximum atomic E-state index is 12.5. The summed E-state index contributed by atoms with van der Waals surface area (Å²) in [5.74, 6) is -0.213. The number of fused-ring (bicyclic) bond motifs is 1. The molecule has 2 heterocycles. The van der Waals surface area contributed by atoms with Gasteiger partial charge < -0.3 is 14.6 Å². The molecule has 0 radical (unpaired) electrons. The van der Waals surface area contributed by atoms with Gasteiger partial charge in [0.15, 0.2) is 5.13 Å². The number of aromatic nitrogens is 2. The van der Waals surface area contributed by atoms with Crippen LogP contribution in [0, 0.1) is 6.92 Å². The summed E-state index contributed by atoms with van der Waals surface area (Å²) in [5, 5.41) is 4.26. The van der Waals surface area contributed by atoms with Gasteiger partial charge in [0.25, 0.3) is 0 Å². The molecule has 28 heavy (non-hydrogen) atoms. The van der Waals surface area contributed by atoms with Gasteiger partial charge in [0.1, 0.15) is 18.0 Å². The van der Waals surface area contributed by atoms with Gasteiger partial charge in [-0.15, -0.1) is 0 Å². The third-order valence-electron chi connectivity index (χ3n) is 4.34. The molecule has 0 aliphatic heterocycles. The van der Waals surface area contributed by atoms with Crippen molar-refractivity contribution >= 4 is 39.2 Å². The van der Waals surface area contributed by atoms with Crippen LogP contribution in [0.25, 0.3) is 10.9 Å². The normalized spacial score (nSPS) is 11.0. The Morgan fingerprint density at radius 3 is 2.86 bits per heavy atom. The van der Waals surface area contributed by atoms with Crippen LogP contribution in [-0.2, 0) is 16.1 Å². The van der Waals surface area contributed by atoms with Crippen molar-refractivity contribution in [3.63, 3.8) is 0 Å². The fraction of sp³-hybridized carbons (Fsp3) is 0.286. The zero-order valence-electron chi connectivity index (χ0n) is 16.2. The summed E-state index contributed by atoms with van der Waals surface area (Å²) in [7, 11) is 0. The lowest BCUT2D eigenvalue weighted by atomic mass is 10.0. The van der Waals surface area contributed by atoms with Crippen molar-refractivity contribution in [1.29, 1.82) is 0 Å². The number of thiazole rings is 1. The molecule has 146 valence electrons. The fourth-order valence-electron chi connectivity index (χ4n) is 2.87. The van der Waals surface area contributed by atoms with Crippen LogP contribution in [0.4, 0.5) is 5.13 Å². The van der Waals surface area contributed by atoms with E-state index in [1.165, 1.54) is 11.6 Å². The van der Waals surface area contributed by atoms with E-state index in [2.05, 4.69) is 42.9 Å². The Labute approximate surface area is 167 Å². The molecule has 1 N–H and O–H groups in total. The molecule has 0 saturated carbocycles. The minimum absolute atomic E-state index is 0.136. The van der Waals surface area contributed by atoms with Gasteiger partial charge in [-0.05, 0) is 42.0 Å². The van der Waals surface area contributed by atoms with Crippen LogP contribution >= 0.6 is 11.3 Å². The van der Waals surface area contributed by atoms with Gasteiger partial charge in [-0.25, -0.2) is 9.78 Å². The Balaban J connectivity index is 1.70. The highest BCUT2D eigenvalue weighted by Crippen LogP contribution is 2.25. The summed E-state index contributed by atoms with van der Waals surface area (Å²) in [6.07, 6.45) is 3.40. The maximum absolute atomic E-state index is 12.5. The molecule has 0 atom stereocenters. The third kappa shape index (κ3) is 4.31. The Hall–Kier alpha value is -2.93. The molecule has 1 amide bonds. The number of carbonyl (C=O) groups excluding carboxylic acids is 2. The van der Waals surface area contributed by atoms with Gasteiger partial charge in [0.2, 0.25) is 5.91 Å². The molecule has 7 heteroatoms. The first-order valence-electron chi connectivity index (χ1n) is 9.03. The van der Waals surface area contributed by atoms with Crippen molar-refractivity contribution in [1.82, 2.24) is 9.55 Å². The van der Waals surface area contributed by atoms with Crippen LogP contribution in [0.2, 0.25) is 0 Å². The Morgan fingerprint density at radius 1 is 1.36 bits per heavy atom. The van der Waals surface area contributed by atoms with Gasteiger partial charge in [-0.1, -0.05) is 43.9 Å². The van der Waals surface area contributed by atoms with Crippen molar-refractivity contribution in [2.75, 3.05) is 11.9 Å². The topological polar surface area (TPSA) is 73.2 Å². The number of benzene rings is 1. The number of ether oxygens (including phenoxy) is 1. The summed E-state index contributed by atoms with van der Waals surface area (Å²) in [5.41, 5.74) is 2.80. The number of rotatable bonds is 7. The molecule has 2 aromatic heterocycles. The smallest absolute Gasteiger partial charge is 0.350 e. The molecule has 0 unspecified atom stereocenters. The molecule has 0 fully saturated rings. The minimum Gasteiger partial charge on any atom is -0.457 e. The van der Waals surface area contributed by atoms with E-state index in [0.717, 1.165) is 22.2 Å². The van der Waals surface area contributed by atoms with Crippen molar-refractivity contribution < 1.29 is 14.3 Å². The lowest BCUT2D eigenvalue weighted by Gasteiger charge is -2.08. The van der Waals surface area contributed by atoms with E-state index in [4.69, 9.17) is 4.74 Å². The Bertz CT molecular complexity index is 1030. The second-order valence-corrected chi connectivity index (χ2v) is 7.78. The van der Waals surface area contributed by atoms with Crippen LogP contribution in [0.15, 0.2) is 43.1 Å². The molecule has 1 aromatic carbocycles. The largest absolute Gasteiger partial charge is 0.457 e. The number of hydrogen-bond donors (Lipinski definition) is 1. The zero-order chi connectivity index (χ0) is 20.3. The Kier molecular flexibility index (Phi) is 5.94. The van der Waals surface area contributed by atoms with Gasteiger partial charge >= 0.3 is 5.97 Å². The SMILES string of the molecule is C=CCOC(=O)c1sc(NC(=O)Cn2ccc3cc(C(C)C)ccc32)nc1C. The molecule has 0 spiro atoms. The van der Waals surface area contributed by atoms with Crippen LogP contribution in [-0.4, -0.2) is 28.0 Å². The maximum Gasteiger partial charge on any atom is 0.350 e. The summed E-state index contributed by atoms with van der Waals surface area (Å²) in [4.78, 5) is 29.1. The van der Waals surface area contributed by atoms with Crippen LogP contribution in [0.3, 0.4) is 0 Å². The zero-order valence-corrected chi connectivity index (χ0v) is 17.0. The lowest BCUT2D eigenvalue weighted by molar-refractivity contribution is -0.116. The number of nitrogens with one attached hydrogen (secondary N) is 1. The minimum atomic E-state index is -0.465. The fourth-order valence-corrected chi connectivity index (χ4v) is 3.74. The average Bonchev–Trinajstić information content (AvgIpc) is 3.22. The number of hydrogen-bond acceptors (Lipinski definition) is 5. The highest BCUT2D eigenvalue weighted by Gasteiger charge is 2.18. The molecule has 6 nitrogen and oxygen atoms in total. The van der Waals surface area contributed by atoms with E-state index in [9.17, 15) is 9.59 Å². The predicted octanol–water partition coefficient (Wildman–Crippen LogP) is 4.51. The highest BCUT2D eigenvalue weighted by atomic mass is 32.1. The van der Waals surface area contributed by atoms with Crippen molar-refractivity contribution in [3.8, 4) is 0 Å². The van der Waals surface area contributed by atoms with E-state index >= 15 is 0 Å². The summed E-state index contributed by atoms with van der Waals surface area (Å²) in [6.45, 7) is 9.84. The lowest BCUT2D eigenvalue weighted by Crippen LogP contribution is -2.18. The standard InChI is InChI=1S/C21H23N3O3S/c1-5-10-27-20(26)19-14(4)22-21(28-19)23-18(25)12-24-9-8-16-11-15(13(2)3)6-7-17(16)24/h5-9,11,13H,1,10,12H2,2-4H3,(H,22,23,25). The van der Waals surface area contributed by atoms with E-state index in [-0.39, 0.29) is 19.1 Å². The van der Waals surface area contributed by atoms with Crippen LogP contribution in [0.1, 0.15) is 40.7 Å². The first-order valence-corrected chi connectivity index (χ1v) is 9.84. The predicted molar refractivity (Wildman–Crippen MR) is 112 cm³/mol. The van der Waals surface area contributed by atoms with Crippen molar-refractivity contribution in [2.45, 2.75) is 33.2 Å². The first kappa shape index (κ1) is 19.8. The Morgan fingerprint density at radius 2 is 2.14 bits per heavy atom. The quantitative estimate of drug-likeness (QED) is 0.470. The molecule has 0 aliphatic rings. The molecule has 0 bridgehead atoms. The number of nitrogens with zero attached hydrogens (tertiary/aromatic N) is 2. The van der Waals surface area contributed by atoms with Crippen LogP contribution < -0.4 is 5.32 Å². The molecular weight excluding hydrogens is 374 g/mol. The number of amides is 1. The van der Waals surface area contributed by atoms with E-state index in [1.54, 1.807) is 6.92 Å².